The van der Waals surface area contributed by atoms with Crippen LogP contribution in [0.3, 0.4) is 0 Å². The van der Waals surface area contributed by atoms with Crippen LogP contribution in [0.25, 0.3) is 0 Å². The van der Waals surface area contributed by atoms with Crippen LogP contribution in [-0.2, 0) is 19.1 Å². The molecule has 0 N–H and O–H groups in total. The minimum atomic E-state index is -0.555. The molecule has 1 saturated carbocycles. The molecule has 0 aromatic rings. The first-order valence-corrected chi connectivity index (χ1v) is 5.02. The molecule has 0 radical (unpaired) electrons. The highest BCUT2D eigenvalue weighted by Gasteiger charge is 2.73. The van der Waals surface area contributed by atoms with Crippen LogP contribution < -0.4 is 0 Å². The smallest absolute Gasteiger partial charge is 0.313 e. The molecule has 14 heavy (non-hydrogen) atoms. The van der Waals surface area contributed by atoms with Gasteiger partial charge in [0.1, 0.15) is 11.5 Å². The predicted octanol–water partition coefficient (Wildman–Crippen LogP) is 0.788. The van der Waals surface area contributed by atoms with Gasteiger partial charge in [-0.25, -0.2) is 0 Å². The van der Waals surface area contributed by atoms with Crippen LogP contribution in [0.15, 0.2) is 0 Å². The molecule has 3 fully saturated rings. The first kappa shape index (κ1) is 8.26. The van der Waals surface area contributed by atoms with Gasteiger partial charge in [-0.2, -0.15) is 0 Å². The van der Waals surface area contributed by atoms with Crippen LogP contribution in [-0.4, -0.2) is 23.1 Å². The summed E-state index contributed by atoms with van der Waals surface area (Å²) in [4.78, 5) is 22.4. The lowest BCUT2D eigenvalue weighted by Crippen LogP contribution is -2.67. The van der Waals surface area contributed by atoms with Crippen molar-refractivity contribution < 1.29 is 19.1 Å². The van der Waals surface area contributed by atoms with Gasteiger partial charge in [-0.05, 0) is 19.8 Å². The Labute approximate surface area is 81.6 Å². The van der Waals surface area contributed by atoms with Gasteiger partial charge in [-0.1, -0.05) is 0 Å². The van der Waals surface area contributed by atoms with E-state index in [1.165, 1.54) is 0 Å². The van der Waals surface area contributed by atoms with E-state index < -0.39 is 11.2 Å². The number of ether oxygens (including phenoxy) is 2. The summed E-state index contributed by atoms with van der Waals surface area (Å²) in [5, 5.41) is 0. The van der Waals surface area contributed by atoms with Gasteiger partial charge in [-0.15, -0.1) is 0 Å². The summed E-state index contributed by atoms with van der Waals surface area (Å²) in [6, 6.07) is 0. The standard InChI is InChI=1S/C10H12O4/c1-9-4-2-6-8(12)14-10(6,9)5-3-7(11)13-9/h6H,2-5H2,1H3/t6-,9+,10+/m0/s1. The maximum absolute atomic E-state index is 11.2. The third-order valence-corrected chi connectivity index (χ3v) is 3.97. The second kappa shape index (κ2) is 2.12. The molecule has 3 rings (SSSR count). The van der Waals surface area contributed by atoms with E-state index in [1.54, 1.807) is 0 Å². The molecule has 0 bridgehead atoms. The van der Waals surface area contributed by atoms with Crippen molar-refractivity contribution in [3.63, 3.8) is 0 Å². The fourth-order valence-electron chi connectivity index (χ4n) is 3.13. The lowest BCUT2D eigenvalue weighted by molar-refractivity contribution is -0.261. The van der Waals surface area contributed by atoms with Gasteiger partial charge in [0.15, 0.2) is 5.60 Å². The van der Waals surface area contributed by atoms with E-state index in [9.17, 15) is 9.59 Å². The van der Waals surface area contributed by atoms with Crippen molar-refractivity contribution in [2.75, 3.05) is 0 Å². The second-order valence-corrected chi connectivity index (χ2v) is 4.61. The van der Waals surface area contributed by atoms with Crippen molar-refractivity contribution in [1.29, 1.82) is 0 Å². The van der Waals surface area contributed by atoms with Gasteiger partial charge in [0.25, 0.3) is 0 Å². The van der Waals surface area contributed by atoms with Crippen LogP contribution in [0, 0.1) is 5.92 Å². The number of esters is 2. The Kier molecular flexibility index (Phi) is 1.25. The first-order chi connectivity index (χ1) is 6.57. The number of carbonyl (C=O) groups is 2. The second-order valence-electron chi connectivity index (χ2n) is 4.61. The van der Waals surface area contributed by atoms with E-state index in [0.717, 1.165) is 12.8 Å². The fraction of sp³-hybridized carbons (Fsp3) is 0.800. The van der Waals surface area contributed by atoms with Gasteiger partial charge in [0, 0.05) is 12.8 Å². The molecule has 0 aromatic carbocycles. The normalized spacial score (nSPS) is 49.9. The van der Waals surface area contributed by atoms with E-state index in [2.05, 4.69) is 0 Å². The molecule has 2 saturated heterocycles. The largest absolute Gasteiger partial charge is 0.455 e. The van der Waals surface area contributed by atoms with Gasteiger partial charge in [0.2, 0.25) is 0 Å². The molecule has 1 spiro atoms. The number of hydrogen-bond acceptors (Lipinski definition) is 4. The van der Waals surface area contributed by atoms with E-state index in [1.807, 2.05) is 6.92 Å². The average Bonchev–Trinajstić information content (AvgIpc) is 2.32. The molecule has 1 aliphatic carbocycles. The van der Waals surface area contributed by atoms with E-state index in [0.29, 0.717) is 12.8 Å². The van der Waals surface area contributed by atoms with Crippen LogP contribution in [0.2, 0.25) is 0 Å². The summed E-state index contributed by atoms with van der Waals surface area (Å²) in [5.41, 5.74) is -1.03. The summed E-state index contributed by atoms with van der Waals surface area (Å²) in [6.07, 6.45) is 2.55. The Morgan fingerprint density at radius 1 is 1.29 bits per heavy atom. The zero-order valence-electron chi connectivity index (χ0n) is 8.04. The zero-order chi connectivity index (χ0) is 9.97. The molecule has 4 nitrogen and oxygen atoms in total. The van der Waals surface area contributed by atoms with Gasteiger partial charge >= 0.3 is 11.9 Å². The molecule has 0 unspecified atom stereocenters. The summed E-state index contributed by atoms with van der Waals surface area (Å²) in [5.74, 6) is -0.311. The van der Waals surface area contributed by atoms with Crippen LogP contribution in [0.4, 0.5) is 0 Å². The lowest BCUT2D eigenvalue weighted by Gasteiger charge is -2.52. The quantitative estimate of drug-likeness (QED) is 0.537. The van der Waals surface area contributed by atoms with Gasteiger partial charge in [0.05, 0.1) is 0 Å². The summed E-state index contributed by atoms with van der Waals surface area (Å²) in [7, 11) is 0. The average molecular weight is 196 g/mol. The maximum Gasteiger partial charge on any atom is 0.313 e. The highest BCUT2D eigenvalue weighted by Crippen LogP contribution is 2.59. The Balaban J connectivity index is 2.00. The lowest BCUT2D eigenvalue weighted by atomic mass is 9.72. The predicted molar refractivity (Wildman–Crippen MR) is 45.3 cm³/mol. The van der Waals surface area contributed by atoms with Crippen molar-refractivity contribution in [3.8, 4) is 0 Å². The Hall–Kier alpha value is -1.06. The monoisotopic (exact) mass is 196 g/mol. The molecule has 0 aromatic heterocycles. The molecule has 2 heterocycles. The van der Waals surface area contributed by atoms with Gasteiger partial charge in [-0.3, -0.25) is 9.59 Å². The third-order valence-electron chi connectivity index (χ3n) is 3.97. The van der Waals surface area contributed by atoms with Crippen LogP contribution in [0.5, 0.6) is 0 Å². The molecule has 3 atom stereocenters. The molecule has 4 heteroatoms. The Morgan fingerprint density at radius 3 is 2.79 bits per heavy atom. The van der Waals surface area contributed by atoms with E-state index in [-0.39, 0.29) is 17.9 Å². The minimum absolute atomic E-state index is 0.0272. The highest BCUT2D eigenvalue weighted by molar-refractivity contribution is 5.84. The van der Waals surface area contributed by atoms with Crippen molar-refractivity contribution in [2.45, 2.75) is 43.8 Å². The van der Waals surface area contributed by atoms with E-state index in [4.69, 9.17) is 9.47 Å². The molecular weight excluding hydrogens is 184 g/mol. The summed E-state index contributed by atoms with van der Waals surface area (Å²) < 4.78 is 10.6. The Bertz CT molecular complexity index is 335. The van der Waals surface area contributed by atoms with E-state index >= 15 is 0 Å². The topological polar surface area (TPSA) is 52.6 Å². The van der Waals surface area contributed by atoms with Gasteiger partial charge < -0.3 is 9.47 Å². The number of carbonyl (C=O) groups excluding carboxylic acids is 2. The summed E-state index contributed by atoms with van der Waals surface area (Å²) in [6.45, 7) is 1.89. The molecular formula is C10H12O4. The van der Waals surface area contributed by atoms with Crippen LogP contribution >= 0.6 is 0 Å². The third kappa shape index (κ3) is 0.678. The first-order valence-electron chi connectivity index (χ1n) is 5.02. The van der Waals surface area contributed by atoms with Crippen molar-refractivity contribution >= 4 is 11.9 Å². The summed E-state index contributed by atoms with van der Waals surface area (Å²) >= 11 is 0. The SMILES string of the molecule is C[C@@]12CC[C@H]3C(=O)O[C@]31CCC(=O)O2. The molecule has 76 valence electrons. The van der Waals surface area contributed by atoms with Crippen molar-refractivity contribution in [2.24, 2.45) is 5.92 Å². The Morgan fingerprint density at radius 2 is 2.07 bits per heavy atom. The zero-order valence-corrected chi connectivity index (χ0v) is 8.04. The van der Waals surface area contributed by atoms with Crippen molar-refractivity contribution in [1.82, 2.24) is 0 Å². The molecule has 2 aliphatic heterocycles. The number of hydrogen-bond donors (Lipinski definition) is 0. The fourth-order valence-corrected chi connectivity index (χ4v) is 3.13. The number of rotatable bonds is 0. The highest BCUT2D eigenvalue weighted by atomic mass is 16.6. The maximum atomic E-state index is 11.2. The van der Waals surface area contributed by atoms with Crippen molar-refractivity contribution in [3.05, 3.63) is 0 Å². The minimum Gasteiger partial charge on any atom is -0.455 e. The molecule has 3 aliphatic rings. The molecule has 0 amide bonds. The van der Waals surface area contributed by atoms with Crippen LogP contribution in [0.1, 0.15) is 32.6 Å².